The molecule has 0 aliphatic rings. The Kier molecular flexibility index (Phi) is 7.09. The van der Waals surface area contributed by atoms with Gasteiger partial charge in [0.25, 0.3) is 5.91 Å². The summed E-state index contributed by atoms with van der Waals surface area (Å²) >= 11 is 0. The second-order valence-corrected chi connectivity index (χ2v) is 7.65. The van der Waals surface area contributed by atoms with E-state index in [0.717, 1.165) is 22.5 Å². The van der Waals surface area contributed by atoms with Crippen LogP contribution in [0, 0.1) is 0 Å². The minimum absolute atomic E-state index is 0.0107. The number of anilines is 1. The first-order valence-corrected chi connectivity index (χ1v) is 11.2. The van der Waals surface area contributed by atoms with Gasteiger partial charge in [0.05, 0.1) is 11.0 Å². The van der Waals surface area contributed by atoms with Gasteiger partial charge in [0.1, 0.15) is 18.1 Å². The molecule has 2 aromatic heterocycles. The largest absolute Gasteiger partial charge is 0.351 e. The van der Waals surface area contributed by atoms with Crippen molar-refractivity contribution in [3.8, 4) is 0 Å². The first kappa shape index (κ1) is 22.2. The number of imidazole rings is 1. The molecule has 0 saturated carbocycles. The van der Waals surface area contributed by atoms with Crippen LogP contribution in [-0.2, 0) is 17.8 Å². The van der Waals surface area contributed by atoms with Crippen molar-refractivity contribution in [1.29, 1.82) is 0 Å². The second kappa shape index (κ2) is 10.5. The maximum atomic E-state index is 13.2. The van der Waals surface area contributed by atoms with Gasteiger partial charge in [0, 0.05) is 31.4 Å². The van der Waals surface area contributed by atoms with Crippen LogP contribution in [0.3, 0.4) is 0 Å². The Balaban J connectivity index is 1.46. The molecule has 0 atom stereocenters. The smallest absolute Gasteiger partial charge is 0.269 e. The molecule has 7 nitrogen and oxygen atoms in total. The molecular formula is C26H27N5O2. The molecular weight excluding hydrogens is 414 g/mol. The molecule has 0 bridgehead atoms. The van der Waals surface area contributed by atoms with E-state index in [1.165, 1.54) is 0 Å². The predicted molar refractivity (Wildman–Crippen MR) is 129 cm³/mol. The lowest BCUT2D eigenvalue weighted by Gasteiger charge is -2.22. The van der Waals surface area contributed by atoms with Gasteiger partial charge in [-0.15, -0.1) is 0 Å². The summed E-state index contributed by atoms with van der Waals surface area (Å²) in [6.07, 6.45) is 2.94. The number of rotatable bonds is 9. The van der Waals surface area contributed by atoms with Crippen molar-refractivity contribution in [2.75, 3.05) is 18.0 Å². The van der Waals surface area contributed by atoms with Gasteiger partial charge in [0.2, 0.25) is 5.91 Å². The molecule has 0 aliphatic carbocycles. The van der Waals surface area contributed by atoms with Crippen LogP contribution in [0.25, 0.3) is 11.0 Å². The third-order valence-corrected chi connectivity index (χ3v) is 5.47. The molecule has 0 aliphatic heterocycles. The molecule has 4 aromatic rings. The fraction of sp³-hybridized carbons (Fsp3) is 0.231. The Hall–Kier alpha value is -4.00. The maximum Gasteiger partial charge on any atom is 0.269 e. The molecule has 2 heterocycles. The molecule has 0 fully saturated rings. The van der Waals surface area contributed by atoms with Crippen LogP contribution in [0.1, 0.15) is 29.7 Å². The van der Waals surface area contributed by atoms with Crippen LogP contribution in [0.2, 0.25) is 0 Å². The number of nitrogens with zero attached hydrogens (tertiary/aromatic N) is 4. The van der Waals surface area contributed by atoms with Crippen LogP contribution in [-0.4, -0.2) is 39.4 Å². The van der Waals surface area contributed by atoms with Crippen molar-refractivity contribution in [2.45, 2.75) is 26.3 Å². The lowest BCUT2D eigenvalue weighted by Crippen LogP contribution is -2.34. The molecule has 1 N–H and O–H groups in total. The highest BCUT2D eigenvalue weighted by molar-refractivity contribution is 5.94. The van der Waals surface area contributed by atoms with E-state index < -0.39 is 0 Å². The zero-order valence-electron chi connectivity index (χ0n) is 18.6. The van der Waals surface area contributed by atoms with Crippen molar-refractivity contribution < 1.29 is 9.59 Å². The SMILES string of the molecule is CCN(C(=O)Cn1c(CCCNC(=O)c2ccccn2)nc2ccccc21)c1ccccc1. The van der Waals surface area contributed by atoms with E-state index in [9.17, 15) is 9.59 Å². The van der Waals surface area contributed by atoms with Gasteiger partial charge >= 0.3 is 0 Å². The van der Waals surface area contributed by atoms with Gasteiger partial charge in [-0.2, -0.15) is 0 Å². The van der Waals surface area contributed by atoms with Gasteiger partial charge in [-0.25, -0.2) is 4.98 Å². The minimum atomic E-state index is -0.194. The summed E-state index contributed by atoms with van der Waals surface area (Å²) in [5.41, 5.74) is 3.08. The molecule has 0 spiro atoms. The predicted octanol–water partition coefficient (Wildman–Crippen LogP) is 3.85. The molecule has 168 valence electrons. The zero-order chi connectivity index (χ0) is 23.0. The average Bonchev–Trinajstić information content (AvgIpc) is 3.20. The van der Waals surface area contributed by atoms with Crippen molar-refractivity contribution in [1.82, 2.24) is 19.9 Å². The molecule has 4 rings (SSSR count). The number of aryl methyl sites for hydroxylation is 1. The molecule has 0 saturated heterocycles. The Bertz CT molecular complexity index is 1220. The molecule has 0 radical (unpaired) electrons. The molecule has 7 heteroatoms. The normalized spacial score (nSPS) is 10.8. The number of likely N-dealkylation sites (N-methyl/N-ethyl adjacent to an activating group) is 1. The Labute approximate surface area is 193 Å². The van der Waals surface area contributed by atoms with E-state index in [1.54, 1.807) is 29.3 Å². The van der Waals surface area contributed by atoms with E-state index in [1.807, 2.05) is 66.1 Å². The quantitative estimate of drug-likeness (QED) is 0.400. The van der Waals surface area contributed by atoms with Crippen LogP contribution in [0.4, 0.5) is 5.69 Å². The third kappa shape index (κ3) is 5.26. The fourth-order valence-corrected chi connectivity index (χ4v) is 3.86. The summed E-state index contributed by atoms with van der Waals surface area (Å²) in [6, 6.07) is 22.8. The van der Waals surface area contributed by atoms with Crippen molar-refractivity contribution >= 4 is 28.5 Å². The Morgan fingerprint density at radius 1 is 0.970 bits per heavy atom. The maximum absolute atomic E-state index is 13.2. The number of pyridine rings is 1. The summed E-state index contributed by atoms with van der Waals surface area (Å²) in [4.78, 5) is 36.1. The number of amides is 2. The first-order chi connectivity index (χ1) is 16.2. The fourth-order valence-electron chi connectivity index (χ4n) is 3.86. The molecule has 2 aromatic carbocycles. The van der Waals surface area contributed by atoms with Gasteiger partial charge in [-0.05, 0) is 49.7 Å². The second-order valence-electron chi connectivity index (χ2n) is 7.65. The number of hydrogen-bond donors (Lipinski definition) is 1. The van der Waals surface area contributed by atoms with Crippen LogP contribution >= 0.6 is 0 Å². The summed E-state index contributed by atoms with van der Waals surface area (Å²) in [6.45, 7) is 3.27. The molecule has 33 heavy (non-hydrogen) atoms. The highest BCUT2D eigenvalue weighted by Crippen LogP contribution is 2.19. The molecule has 2 amide bonds. The number of nitrogens with one attached hydrogen (secondary N) is 1. The van der Waals surface area contributed by atoms with E-state index in [4.69, 9.17) is 4.98 Å². The van der Waals surface area contributed by atoms with Crippen molar-refractivity contribution in [3.05, 3.63) is 90.5 Å². The first-order valence-electron chi connectivity index (χ1n) is 11.2. The number of aromatic nitrogens is 3. The van der Waals surface area contributed by atoms with Crippen molar-refractivity contribution in [2.24, 2.45) is 0 Å². The minimum Gasteiger partial charge on any atom is -0.351 e. The van der Waals surface area contributed by atoms with Gasteiger partial charge in [0.15, 0.2) is 0 Å². The highest BCUT2D eigenvalue weighted by atomic mass is 16.2. The van der Waals surface area contributed by atoms with E-state index in [2.05, 4.69) is 10.3 Å². The highest BCUT2D eigenvalue weighted by Gasteiger charge is 2.18. The Morgan fingerprint density at radius 2 is 1.73 bits per heavy atom. The standard InChI is InChI=1S/C26H27N5O2/c1-2-30(20-11-4-3-5-12-20)25(32)19-31-23-15-7-6-13-21(23)29-24(31)16-10-18-28-26(33)22-14-8-9-17-27-22/h3-9,11-15,17H,2,10,16,18-19H2,1H3,(H,28,33). The van der Waals surface area contributed by atoms with E-state index in [0.29, 0.717) is 31.6 Å². The van der Waals surface area contributed by atoms with E-state index in [-0.39, 0.29) is 18.4 Å². The number of carbonyl (C=O) groups is 2. The number of hydrogen-bond acceptors (Lipinski definition) is 4. The summed E-state index contributed by atoms with van der Waals surface area (Å²) < 4.78 is 1.99. The van der Waals surface area contributed by atoms with Crippen LogP contribution in [0.5, 0.6) is 0 Å². The van der Waals surface area contributed by atoms with Crippen LogP contribution < -0.4 is 10.2 Å². The number of benzene rings is 2. The summed E-state index contributed by atoms with van der Waals surface area (Å²) in [7, 11) is 0. The van der Waals surface area contributed by atoms with Gasteiger partial charge in [-0.1, -0.05) is 36.4 Å². The van der Waals surface area contributed by atoms with Gasteiger partial charge < -0.3 is 14.8 Å². The Morgan fingerprint density at radius 3 is 2.48 bits per heavy atom. The lowest BCUT2D eigenvalue weighted by atomic mass is 10.2. The average molecular weight is 442 g/mol. The third-order valence-electron chi connectivity index (χ3n) is 5.47. The monoisotopic (exact) mass is 441 g/mol. The lowest BCUT2D eigenvalue weighted by molar-refractivity contribution is -0.119. The number of carbonyl (C=O) groups excluding carboxylic acids is 2. The summed E-state index contributed by atoms with van der Waals surface area (Å²) in [5, 5.41) is 2.90. The zero-order valence-corrected chi connectivity index (χ0v) is 18.6. The number of para-hydroxylation sites is 3. The van der Waals surface area contributed by atoms with Crippen molar-refractivity contribution in [3.63, 3.8) is 0 Å². The topological polar surface area (TPSA) is 80.1 Å². The molecule has 0 unspecified atom stereocenters. The number of fused-ring (bicyclic) bond motifs is 1. The van der Waals surface area contributed by atoms with E-state index >= 15 is 0 Å². The summed E-state index contributed by atoms with van der Waals surface area (Å²) in [5.74, 6) is 0.651. The van der Waals surface area contributed by atoms with Crippen LogP contribution in [0.15, 0.2) is 79.0 Å². The van der Waals surface area contributed by atoms with Gasteiger partial charge in [-0.3, -0.25) is 14.6 Å².